The Labute approximate surface area is 599 Å². The van der Waals surface area contributed by atoms with Crippen LogP contribution in [0.5, 0.6) is 5.75 Å². The number of rotatable bonds is 11. The van der Waals surface area contributed by atoms with E-state index in [9.17, 15) is 34.6 Å². The summed E-state index contributed by atoms with van der Waals surface area (Å²) in [4.78, 5) is 147. The highest BCUT2D eigenvalue weighted by molar-refractivity contribution is 7.14. The van der Waals surface area contributed by atoms with E-state index >= 15 is 19.2 Å². The van der Waals surface area contributed by atoms with Gasteiger partial charge in [-0.05, 0) is 66.5 Å². The minimum atomic E-state index is -1.84. The summed E-state index contributed by atoms with van der Waals surface area (Å²) in [5.74, 6) is -6.97. The second-order valence-corrected chi connectivity index (χ2v) is 29.3. The Hall–Kier alpha value is -9.32. The zero-order valence-electron chi connectivity index (χ0n) is 55.6. The molecule has 1 aromatic carbocycles. The van der Waals surface area contributed by atoms with Crippen LogP contribution in [0.1, 0.15) is 125 Å². The van der Waals surface area contributed by atoms with Crippen molar-refractivity contribution in [3.05, 3.63) is 112 Å². The normalized spacial score (nSPS) is 24.3. The maximum absolute atomic E-state index is 15.2. The Kier molecular flexibility index (Phi) is 20.4. The number of aromatic hydroxyl groups is 1. The Morgan fingerprint density at radius 1 is 0.833 bits per heavy atom. The zero-order valence-corrected chi connectivity index (χ0v) is 59.7. The number of benzene rings is 1. The zero-order chi connectivity index (χ0) is 72.2. The summed E-state index contributed by atoms with van der Waals surface area (Å²) in [6, 6.07) is 1.20. The van der Waals surface area contributed by atoms with E-state index in [2.05, 4.69) is 46.9 Å². The van der Waals surface area contributed by atoms with Crippen molar-refractivity contribution in [1.82, 2.24) is 76.3 Å². The fraction of sp³-hybridized carbons (Fsp3) is 0.406. The van der Waals surface area contributed by atoms with Crippen LogP contribution in [0.4, 0.5) is 0 Å². The molecule has 0 saturated carbocycles. The van der Waals surface area contributed by atoms with Crippen molar-refractivity contribution in [2.45, 2.75) is 108 Å². The molecule has 2 saturated heterocycles. The van der Waals surface area contributed by atoms with E-state index in [4.69, 9.17) is 48.1 Å². The van der Waals surface area contributed by atoms with Gasteiger partial charge in [0.05, 0.1) is 56.4 Å². The number of methoxy groups -OCH3 is 1. The van der Waals surface area contributed by atoms with Crippen molar-refractivity contribution in [1.29, 1.82) is 0 Å². The van der Waals surface area contributed by atoms with Gasteiger partial charge in [0.2, 0.25) is 11.8 Å². The number of fused-ring (bicyclic) bond motifs is 16. The van der Waals surface area contributed by atoms with E-state index in [-0.39, 0.29) is 143 Å². The first kappa shape index (κ1) is 71.1. The lowest BCUT2D eigenvalue weighted by Crippen LogP contribution is -2.58. The number of aromatic nitrogens is 7. The molecule has 9 N–H and O–H groups in total. The first-order chi connectivity index (χ1) is 48.8. The van der Waals surface area contributed by atoms with Crippen LogP contribution in [0.2, 0.25) is 0 Å². The van der Waals surface area contributed by atoms with Gasteiger partial charge in [0, 0.05) is 62.9 Å². The van der Waals surface area contributed by atoms with Crippen LogP contribution < -0.4 is 31.9 Å². The number of nitrogens with zero attached hydrogens (tertiary/aromatic N) is 9. The van der Waals surface area contributed by atoms with Crippen LogP contribution in [0.25, 0.3) is 49.3 Å². The number of pyridine rings is 1. The maximum atomic E-state index is 15.2. The molecule has 10 atom stereocenters. The highest BCUT2D eigenvalue weighted by Crippen LogP contribution is 2.44. The average molecular weight is 1490 g/mol. The minimum Gasteiger partial charge on any atom is -0.506 e. The van der Waals surface area contributed by atoms with Crippen molar-refractivity contribution in [3.63, 3.8) is 0 Å². The third kappa shape index (κ3) is 14.2. The third-order valence-electron chi connectivity index (χ3n) is 17.4. The van der Waals surface area contributed by atoms with Gasteiger partial charge in [0.1, 0.15) is 120 Å². The summed E-state index contributed by atoms with van der Waals surface area (Å²) >= 11 is 4.68. The fourth-order valence-corrected chi connectivity index (χ4v) is 16.8. The van der Waals surface area contributed by atoms with Crippen LogP contribution in [-0.2, 0) is 60.8 Å². The number of nitrogens with one attached hydrogen (secondary N) is 6. The number of hydrogen-bond acceptors (Lipinski definition) is 31. The number of thiazole rings is 5. The van der Waals surface area contributed by atoms with Gasteiger partial charge in [-0.2, -0.15) is 4.73 Å². The molecule has 6 amide bonds. The van der Waals surface area contributed by atoms with Crippen LogP contribution in [0, 0.1) is 0 Å². The Bertz CT molecular complexity index is 4680. The molecule has 12 bridgehead atoms. The lowest BCUT2D eigenvalue weighted by Gasteiger charge is -2.45. The highest BCUT2D eigenvalue weighted by Gasteiger charge is 2.54. The molecule has 0 spiro atoms. The van der Waals surface area contributed by atoms with E-state index in [1.807, 2.05) is 25.8 Å². The summed E-state index contributed by atoms with van der Waals surface area (Å²) in [6.45, 7) is 5.43. The van der Waals surface area contributed by atoms with Gasteiger partial charge < -0.3 is 85.4 Å². The number of esters is 2. The largest absolute Gasteiger partial charge is 0.506 e. The fourth-order valence-electron chi connectivity index (χ4n) is 12.6. The van der Waals surface area contributed by atoms with Gasteiger partial charge in [-0.15, -0.1) is 56.7 Å². The van der Waals surface area contributed by atoms with Gasteiger partial charge >= 0.3 is 11.9 Å². The lowest BCUT2D eigenvalue weighted by molar-refractivity contribution is -0.268. The molecule has 102 heavy (non-hydrogen) atoms. The number of hydrogen-bond donors (Lipinski definition) is 9. The van der Waals surface area contributed by atoms with Crippen molar-refractivity contribution in [2.24, 2.45) is 0 Å². The van der Waals surface area contributed by atoms with Crippen molar-refractivity contribution < 1.29 is 86.9 Å². The minimum absolute atomic E-state index is 0.00489. The second-order valence-electron chi connectivity index (χ2n) is 24.9. The third-order valence-corrected chi connectivity index (χ3v) is 21.9. The van der Waals surface area contributed by atoms with E-state index < -0.39 is 127 Å². The molecule has 0 radical (unpaired) electrons. The van der Waals surface area contributed by atoms with Gasteiger partial charge in [0.15, 0.2) is 18.1 Å². The number of carbonyl (C=O) groups is 8. The first-order valence-electron chi connectivity index (χ1n) is 31.7. The van der Waals surface area contributed by atoms with Gasteiger partial charge in [-0.25, -0.2) is 39.5 Å². The molecule has 12 heterocycles. The molecule has 5 aliphatic rings. The molecule has 536 valence electrons. The predicted molar refractivity (Wildman–Crippen MR) is 366 cm³/mol. The van der Waals surface area contributed by atoms with Gasteiger partial charge in [-0.1, -0.05) is 12.1 Å². The number of cyclic esters (lactones) is 2. The molecule has 38 heteroatoms. The van der Waals surface area contributed by atoms with E-state index in [0.29, 0.717) is 10.3 Å². The van der Waals surface area contributed by atoms with E-state index in [0.717, 1.165) is 56.7 Å². The molecule has 5 aliphatic heterocycles. The van der Waals surface area contributed by atoms with Gasteiger partial charge in [0.25, 0.3) is 23.6 Å². The van der Waals surface area contributed by atoms with Crippen LogP contribution in [0.3, 0.4) is 0 Å². The smallest absolute Gasteiger partial charge is 0.358 e. The highest BCUT2D eigenvalue weighted by atomic mass is 32.1. The van der Waals surface area contributed by atoms with Crippen molar-refractivity contribution in [2.75, 3.05) is 61.2 Å². The Morgan fingerprint density at radius 3 is 2.28 bits per heavy atom. The van der Waals surface area contributed by atoms with Crippen LogP contribution >= 0.6 is 56.7 Å². The SMILES string of the molecule is CO/C(C)=C1/NC(=O)C(C(C)O)NC(=O)c2csc(n2)-c2cc(O)c(-c3nc(C(=O)NCCNC(=O)CN(C)C)cs3)nc2-c2csc(n2)C2COC(=O)c3c4c5c(cccc5n3O)COC(=O)C(OC3CC5(C)OCN(C)C5C(C)O3)C(OC4)C(NC(=O)c3csc1n3)c1nc(cs1)C(=O)N2. The number of aliphatic hydroxyl groups excluding tert-OH is 1. The number of aliphatic hydroxyl groups is 1. The van der Waals surface area contributed by atoms with Crippen LogP contribution in [-0.4, -0.2) is 217 Å². The number of carbonyl (C=O) groups excluding carboxylic acids is 8. The molecule has 8 aromatic rings. The molecule has 7 aromatic heterocycles. The first-order valence-corrected chi connectivity index (χ1v) is 36.1. The van der Waals surface area contributed by atoms with Crippen LogP contribution in [0.15, 0.2) is 56.9 Å². The predicted octanol–water partition coefficient (Wildman–Crippen LogP) is 3.94. The number of likely N-dealkylation sites (N-methyl/N-ethyl adjacent to an activating group) is 2. The Balaban J connectivity index is 0.953. The summed E-state index contributed by atoms with van der Waals surface area (Å²) in [7, 11) is 6.70. The average Bonchev–Trinajstić information content (AvgIpc) is 1.66. The van der Waals surface area contributed by atoms with Crippen molar-refractivity contribution >= 4 is 121 Å². The van der Waals surface area contributed by atoms with E-state index in [1.165, 1.54) is 54.6 Å². The quantitative estimate of drug-likeness (QED) is 0.0383. The monoisotopic (exact) mass is 1490 g/mol. The summed E-state index contributed by atoms with van der Waals surface area (Å²) in [5.41, 5.74) is -1.61. The number of allylic oxidation sites excluding steroid dienone is 1. The molecule has 33 nitrogen and oxygen atoms in total. The Morgan fingerprint density at radius 2 is 1.52 bits per heavy atom. The van der Waals surface area contributed by atoms with Crippen molar-refractivity contribution in [3.8, 4) is 38.4 Å². The molecular formula is C64H67N15O18S5. The maximum Gasteiger partial charge on any atom is 0.358 e. The standard InChI is InChI=1S/C64H67N15O18S5/c1-26(80)43-56(87)75-44(27(2)91-8)59-71-37(24-100-59)55(86)76-47-49-50(97-41-15-64(4)51(28(3)96-41)78(7)25-95-64)63(89)93-17-29-10-9-11-38-42(29)31(18-92-49)48(79(38)90)62(88)94-19-32(67-53(84)35-23-102-61(47)72-35)58-68-33(20-99-58)45-30(57-69-36(22-98-57)54(85)74-43)14-39(81)46(73-45)60-70-34(21-101-60)52(83)66-13-12-65-40(82)16-77(5)6/h9-11,14,20-24,26,28,32,41,43,47,49-51,80-81,90H,12-13,15-19,25H2,1-8H3,(H,65,82)(H,66,83)(H,67,84)(H,74,85)(H,75,87)(H,76,86)/b44-27+. The molecule has 2 fully saturated rings. The summed E-state index contributed by atoms with van der Waals surface area (Å²) in [6.07, 6.45) is -6.73. The second kappa shape index (κ2) is 29.2. The number of amides is 6. The lowest BCUT2D eigenvalue weighted by atomic mass is 9.86. The molecule has 10 unspecified atom stereocenters. The summed E-state index contributed by atoms with van der Waals surface area (Å²) < 4.78 is 45.0. The topological polar surface area (TPSA) is 423 Å². The number of ether oxygens (including phenoxy) is 7. The molecule has 0 aliphatic carbocycles. The molecular weight excluding hydrogens is 1430 g/mol. The van der Waals surface area contributed by atoms with Gasteiger partial charge in [-0.3, -0.25) is 33.7 Å². The summed E-state index contributed by atoms with van der Waals surface area (Å²) in [5, 5.41) is 59.4. The molecule has 13 rings (SSSR count). The van der Waals surface area contributed by atoms with E-state index in [1.54, 1.807) is 36.5 Å².